The zero-order chi connectivity index (χ0) is 8.72. The van der Waals surface area contributed by atoms with Gasteiger partial charge in [-0.25, -0.2) is 0 Å². The highest BCUT2D eigenvalue weighted by molar-refractivity contribution is 5.85. The summed E-state index contributed by atoms with van der Waals surface area (Å²) in [6, 6.07) is 2.69. The van der Waals surface area contributed by atoms with Crippen molar-refractivity contribution < 1.29 is 4.79 Å². The van der Waals surface area contributed by atoms with E-state index < -0.39 is 0 Å². The van der Waals surface area contributed by atoms with E-state index in [4.69, 9.17) is 5.26 Å². The zero-order valence-electron chi connectivity index (χ0n) is 7.16. The Bertz CT molecular complexity index is 256. The van der Waals surface area contributed by atoms with Crippen molar-refractivity contribution in [3.05, 3.63) is 0 Å². The number of likely N-dealkylation sites (N-methyl/N-ethyl adjacent to an activating group) is 1. The van der Waals surface area contributed by atoms with Gasteiger partial charge in [0.15, 0.2) is 0 Å². The smallest absolute Gasteiger partial charge is 0.150 e. The van der Waals surface area contributed by atoms with Crippen molar-refractivity contribution in [3.63, 3.8) is 0 Å². The predicted molar refractivity (Wildman–Crippen MR) is 43.3 cm³/mol. The Kier molecular flexibility index (Phi) is 1.66. The molecule has 2 bridgehead atoms. The first kappa shape index (κ1) is 7.75. The first-order chi connectivity index (χ1) is 5.74. The summed E-state index contributed by atoms with van der Waals surface area (Å²) in [5.74, 6) is 0.415. The summed E-state index contributed by atoms with van der Waals surface area (Å²) in [5.41, 5.74) is 0. The van der Waals surface area contributed by atoms with E-state index in [0.29, 0.717) is 18.2 Å². The lowest BCUT2D eigenvalue weighted by Crippen LogP contribution is -2.42. The SMILES string of the molecule is CN1[C@H]2C[C@H](C#N)[C@@H]1CCC2=O. The fraction of sp³-hybridized carbons (Fsp3) is 0.778. The van der Waals surface area contributed by atoms with E-state index in [1.807, 2.05) is 7.05 Å². The molecule has 2 fully saturated rings. The van der Waals surface area contributed by atoms with Gasteiger partial charge in [-0.15, -0.1) is 0 Å². The van der Waals surface area contributed by atoms with E-state index >= 15 is 0 Å². The second-order valence-electron chi connectivity index (χ2n) is 3.72. The molecule has 0 saturated carbocycles. The summed E-state index contributed by atoms with van der Waals surface area (Å²) < 4.78 is 0. The minimum absolute atomic E-state index is 0.0494. The maximum absolute atomic E-state index is 11.4. The molecule has 3 nitrogen and oxygen atoms in total. The van der Waals surface area contributed by atoms with E-state index in [0.717, 1.165) is 12.8 Å². The average molecular weight is 164 g/mol. The number of nitrogens with zero attached hydrogens (tertiary/aromatic N) is 2. The molecule has 0 aromatic carbocycles. The van der Waals surface area contributed by atoms with Crippen LogP contribution in [0.4, 0.5) is 0 Å². The molecule has 3 atom stereocenters. The highest BCUT2D eigenvalue weighted by atomic mass is 16.1. The van der Waals surface area contributed by atoms with Gasteiger partial charge in [0.2, 0.25) is 0 Å². The lowest BCUT2D eigenvalue weighted by atomic mass is 9.99. The molecule has 0 aromatic heterocycles. The number of fused-ring (bicyclic) bond motifs is 2. The number of carbonyl (C=O) groups excluding carboxylic acids is 1. The molecule has 2 rings (SSSR count). The zero-order valence-corrected chi connectivity index (χ0v) is 7.16. The summed E-state index contributed by atoms with van der Waals surface area (Å²) in [5, 5.41) is 8.83. The molecule has 2 saturated heterocycles. The van der Waals surface area contributed by atoms with Crippen LogP contribution in [-0.4, -0.2) is 29.8 Å². The highest BCUT2D eigenvalue weighted by Crippen LogP contribution is 2.36. The molecule has 2 heterocycles. The Morgan fingerprint density at radius 2 is 2.42 bits per heavy atom. The van der Waals surface area contributed by atoms with Crippen molar-refractivity contribution in [2.75, 3.05) is 7.05 Å². The van der Waals surface area contributed by atoms with Gasteiger partial charge in [0.05, 0.1) is 18.0 Å². The van der Waals surface area contributed by atoms with E-state index in [-0.39, 0.29) is 12.0 Å². The van der Waals surface area contributed by atoms with Gasteiger partial charge in [-0.3, -0.25) is 9.69 Å². The predicted octanol–water partition coefficient (Wildman–Crippen LogP) is 0.562. The molecule has 0 amide bonds. The second-order valence-corrected chi connectivity index (χ2v) is 3.72. The normalized spacial score (nSPS) is 41.3. The van der Waals surface area contributed by atoms with Gasteiger partial charge in [-0.1, -0.05) is 0 Å². The van der Waals surface area contributed by atoms with Gasteiger partial charge in [-0.05, 0) is 19.9 Å². The van der Waals surface area contributed by atoms with Gasteiger partial charge < -0.3 is 0 Å². The molecule has 0 spiro atoms. The van der Waals surface area contributed by atoms with Crippen LogP contribution in [-0.2, 0) is 4.79 Å². The van der Waals surface area contributed by atoms with Crippen LogP contribution in [0.5, 0.6) is 0 Å². The lowest BCUT2D eigenvalue weighted by Gasteiger charge is -2.29. The number of hydrogen-bond acceptors (Lipinski definition) is 3. The second kappa shape index (κ2) is 2.56. The molecule has 64 valence electrons. The van der Waals surface area contributed by atoms with Crippen LogP contribution in [0, 0.1) is 17.2 Å². The molecule has 2 aliphatic heterocycles. The van der Waals surface area contributed by atoms with Crippen LogP contribution in [0.15, 0.2) is 0 Å². The van der Waals surface area contributed by atoms with Crippen molar-refractivity contribution in [1.82, 2.24) is 4.90 Å². The van der Waals surface area contributed by atoms with Crippen molar-refractivity contribution in [3.8, 4) is 6.07 Å². The Morgan fingerprint density at radius 1 is 1.67 bits per heavy atom. The third-order valence-corrected chi connectivity index (χ3v) is 3.18. The van der Waals surface area contributed by atoms with Gasteiger partial charge >= 0.3 is 0 Å². The third-order valence-electron chi connectivity index (χ3n) is 3.18. The number of Topliss-reactive ketones (excluding diaryl/α,β-unsaturated/α-hetero) is 1. The number of hydrogen-bond donors (Lipinski definition) is 0. The molecule has 0 aliphatic carbocycles. The van der Waals surface area contributed by atoms with Crippen molar-refractivity contribution >= 4 is 5.78 Å². The molecule has 0 unspecified atom stereocenters. The molecular formula is C9H12N2O. The summed E-state index contributed by atoms with van der Waals surface area (Å²) in [7, 11) is 1.96. The maximum Gasteiger partial charge on any atom is 0.150 e. The van der Waals surface area contributed by atoms with Crippen LogP contribution in [0.1, 0.15) is 19.3 Å². The maximum atomic E-state index is 11.4. The molecule has 2 aliphatic rings. The average Bonchev–Trinajstić information content (AvgIpc) is 2.26. The van der Waals surface area contributed by atoms with Gasteiger partial charge in [0, 0.05) is 12.5 Å². The van der Waals surface area contributed by atoms with Crippen molar-refractivity contribution in [1.29, 1.82) is 5.26 Å². The van der Waals surface area contributed by atoms with E-state index in [1.54, 1.807) is 0 Å². The summed E-state index contributed by atoms with van der Waals surface area (Å²) in [4.78, 5) is 13.5. The topological polar surface area (TPSA) is 44.1 Å². The van der Waals surface area contributed by atoms with Crippen molar-refractivity contribution in [2.24, 2.45) is 5.92 Å². The van der Waals surface area contributed by atoms with Gasteiger partial charge in [0.1, 0.15) is 5.78 Å². The van der Waals surface area contributed by atoms with Crippen LogP contribution in [0.3, 0.4) is 0 Å². The molecule has 0 aromatic rings. The van der Waals surface area contributed by atoms with E-state index in [2.05, 4.69) is 11.0 Å². The fourth-order valence-corrected chi connectivity index (χ4v) is 2.44. The minimum Gasteiger partial charge on any atom is -0.298 e. The molecule has 12 heavy (non-hydrogen) atoms. The van der Waals surface area contributed by atoms with Crippen molar-refractivity contribution in [2.45, 2.75) is 31.3 Å². The Hall–Kier alpha value is -0.880. The first-order valence-corrected chi connectivity index (χ1v) is 4.38. The van der Waals surface area contributed by atoms with Crippen LogP contribution in [0.25, 0.3) is 0 Å². The quantitative estimate of drug-likeness (QED) is 0.525. The molecule has 0 radical (unpaired) electrons. The monoisotopic (exact) mass is 164 g/mol. The van der Waals surface area contributed by atoms with E-state index in [1.165, 1.54) is 0 Å². The number of piperidine rings is 1. The molecular weight excluding hydrogens is 152 g/mol. The first-order valence-electron chi connectivity index (χ1n) is 4.38. The van der Waals surface area contributed by atoms with Crippen LogP contribution in [0.2, 0.25) is 0 Å². The highest BCUT2D eigenvalue weighted by Gasteiger charge is 2.45. The fourth-order valence-electron chi connectivity index (χ4n) is 2.44. The minimum atomic E-state index is 0.0494. The molecule has 3 heteroatoms. The molecule has 0 N–H and O–H groups in total. The lowest BCUT2D eigenvalue weighted by molar-refractivity contribution is -0.125. The van der Waals surface area contributed by atoms with Gasteiger partial charge in [-0.2, -0.15) is 5.26 Å². The standard InChI is InChI=1S/C9H12N2O/c1-11-7-2-3-9(12)8(11)4-6(7)5-10/h6-8H,2-4H2,1H3/t6-,7+,8+/m1/s1. The number of ketones is 1. The number of rotatable bonds is 0. The number of carbonyl (C=O) groups is 1. The largest absolute Gasteiger partial charge is 0.298 e. The Morgan fingerprint density at radius 3 is 3.00 bits per heavy atom. The summed E-state index contributed by atoms with van der Waals surface area (Å²) in [6.07, 6.45) is 2.32. The van der Waals surface area contributed by atoms with Crippen LogP contribution < -0.4 is 0 Å². The van der Waals surface area contributed by atoms with Crippen LogP contribution >= 0.6 is 0 Å². The Labute approximate surface area is 72.0 Å². The van der Waals surface area contributed by atoms with E-state index in [9.17, 15) is 4.79 Å². The van der Waals surface area contributed by atoms with Gasteiger partial charge in [0.25, 0.3) is 0 Å². The number of nitriles is 1. The third kappa shape index (κ3) is 0.881. The summed E-state index contributed by atoms with van der Waals surface area (Å²) in [6.45, 7) is 0. The summed E-state index contributed by atoms with van der Waals surface area (Å²) >= 11 is 0. The Balaban J connectivity index is 2.25.